The van der Waals surface area contributed by atoms with Crippen LogP contribution in [0, 0.1) is 0 Å². The van der Waals surface area contributed by atoms with Crippen molar-refractivity contribution in [3.8, 4) is 22.8 Å². The number of benzene rings is 2. The largest absolute Gasteiger partial charge is 0.494 e. The van der Waals surface area contributed by atoms with E-state index in [0.29, 0.717) is 18.3 Å². The van der Waals surface area contributed by atoms with Crippen LogP contribution in [-0.4, -0.2) is 24.1 Å². The molecule has 1 aromatic heterocycles. The van der Waals surface area contributed by atoms with Crippen LogP contribution in [0.2, 0.25) is 0 Å². The van der Waals surface area contributed by atoms with Crippen molar-refractivity contribution < 1.29 is 14.3 Å². The average Bonchev–Trinajstić information content (AvgIpc) is 3.26. The van der Waals surface area contributed by atoms with Crippen LogP contribution in [0.25, 0.3) is 17.3 Å². The van der Waals surface area contributed by atoms with E-state index >= 15 is 0 Å². The molecule has 1 N–H and O–H groups in total. The van der Waals surface area contributed by atoms with Gasteiger partial charge in [-0.15, -0.1) is 11.3 Å². The Morgan fingerprint density at radius 3 is 2.61 bits per heavy atom. The van der Waals surface area contributed by atoms with E-state index in [2.05, 4.69) is 24.1 Å². The summed E-state index contributed by atoms with van der Waals surface area (Å²) in [6.07, 6.45) is 6.32. The molecule has 3 rings (SSSR count). The molecule has 0 aliphatic heterocycles. The quantitative estimate of drug-likeness (QED) is 0.278. The first-order valence-electron chi connectivity index (χ1n) is 10.6. The molecule has 0 fully saturated rings. The van der Waals surface area contributed by atoms with Crippen LogP contribution in [0.5, 0.6) is 11.5 Å². The molecule has 6 heteroatoms. The normalized spacial score (nSPS) is 10.9. The second-order valence-electron chi connectivity index (χ2n) is 6.97. The van der Waals surface area contributed by atoms with Gasteiger partial charge < -0.3 is 9.47 Å². The Bertz CT molecular complexity index is 996. The second-order valence-corrected chi connectivity index (χ2v) is 7.83. The Morgan fingerprint density at radius 2 is 1.84 bits per heavy atom. The molecule has 0 saturated carbocycles. The molecule has 3 aromatic rings. The summed E-state index contributed by atoms with van der Waals surface area (Å²) in [5.41, 5.74) is 2.68. The zero-order valence-corrected chi connectivity index (χ0v) is 18.8. The van der Waals surface area contributed by atoms with Gasteiger partial charge >= 0.3 is 0 Å². The van der Waals surface area contributed by atoms with E-state index in [4.69, 9.17) is 9.47 Å². The summed E-state index contributed by atoms with van der Waals surface area (Å²) in [6.45, 7) is 5.58. The summed E-state index contributed by atoms with van der Waals surface area (Å²) in [4.78, 5) is 16.9. The maximum absolute atomic E-state index is 12.4. The number of carbonyl (C=O) groups is 1. The van der Waals surface area contributed by atoms with Gasteiger partial charge in [-0.3, -0.25) is 10.1 Å². The molecule has 0 bridgehead atoms. The smallest absolute Gasteiger partial charge is 0.250 e. The second kappa shape index (κ2) is 11.9. The van der Waals surface area contributed by atoms with Crippen molar-refractivity contribution in [3.05, 3.63) is 65.6 Å². The van der Waals surface area contributed by atoms with Crippen LogP contribution >= 0.6 is 11.3 Å². The number of hydrogen-bond donors (Lipinski definition) is 1. The highest BCUT2D eigenvalue weighted by molar-refractivity contribution is 7.14. The van der Waals surface area contributed by atoms with E-state index < -0.39 is 0 Å². The van der Waals surface area contributed by atoms with Crippen LogP contribution in [-0.2, 0) is 4.79 Å². The van der Waals surface area contributed by atoms with E-state index in [9.17, 15) is 4.79 Å². The Morgan fingerprint density at radius 1 is 1.03 bits per heavy atom. The topological polar surface area (TPSA) is 60.5 Å². The Hall–Kier alpha value is -3.12. The van der Waals surface area contributed by atoms with Crippen LogP contribution in [0.4, 0.5) is 5.13 Å². The SMILES string of the molecule is CCCCOc1ccccc1/C=C/C(=O)Nc1nc(-c2ccc(OCCC)cc2)cs1. The van der Waals surface area contributed by atoms with Crippen molar-refractivity contribution in [1.29, 1.82) is 0 Å². The molecule has 0 aliphatic carbocycles. The van der Waals surface area contributed by atoms with Gasteiger partial charge in [-0.1, -0.05) is 38.5 Å². The number of rotatable bonds is 11. The van der Waals surface area contributed by atoms with Crippen molar-refractivity contribution in [2.45, 2.75) is 33.1 Å². The molecule has 0 spiro atoms. The summed E-state index contributed by atoms with van der Waals surface area (Å²) in [5.74, 6) is 1.40. The van der Waals surface area contributed by atoms with Crippen molar-refractivity contribution in [1.82, 2.24) is 4.98 Å². The first kappa shape index (κ1) is 22.6. The molecular weight excluding hydrogens is 408 g/mol. The zero-order chi connectivity index (χ0) is 21.9. The summed E-state index contributed by atoms with van der Waals surface area (Å²) < 4.78 is 11.4. The molecule has 31 heavy (non-hydrogen) atoms. The molecule has 1 amide bonds. The number of hydrogen-bond acceptors (Lipinski definition) is 5. The van der Waals surface area contributed by atoms with Gasteiger partial charge in [0.2, 0.25) is 5.91 Å². The molecular formula is C25H28N2O3S. The maximum atomic E-state index is 12.4. The fraction of sp³-hybridized carbons (Fsp3) is 0.280. The fourth-order valence-corrected chi connectivity index (χ4v) is 3.52. The lowest BCUT2D eigenvalue weighted by Crippen LogP contribution is -2.07. The summed E-state index contributed by atoms with van der Waals surface area (Å²) in [5, 5.41) is 5.32. The minimum Gasteiger partial charge on any atom is -0.494 e. The monoisotopic (exact) mass is 436 g/mol. The van der Waals surface area contributed by atoms with Gasteiger partial charge in [-0.05, 0) is 49.2 Å². The van der Waals surface area contributed by atoms with E-state index in [-0.39, 0.29) is 5.91 Å². The number of nitrogens with one attached hydrogen (secondary N) is 1. The molecule has 2 aromatic carbocycles. The van der Waals surface area contributed by atoms with Gasteiger partial charge in [-0.2, -0.15) is 0 Å². The number of aromatic nitrogens is 1. The van der Waals surface area contributed by atoms with Crippen LogP contribution < -0.4 is 14.8 Å². The molecule has 0 saturated heterocycles. The molecule has 1 heterocycles. The van der Waals surface area contributed by atoms with Crippen LogP contribution in [0.3, 0.4) is 0 Å². The van der Waals surface area contributed by atoms with E-state index in [1.54, 1.807) is 6.08 Å². The van der Waals surface area contributed by atoms with E-state index in [1.165, 1.54) is 17.4 Å². The van der Waals surface area contributed by atoms with Gasteiger partial charge in [0.25, 0.3) is 0 Å². The van der Waals surface area contributed by atoms with Gasteiger partial charge in [-0.25, -0.2) is 4.98 Å². The first-order valence-corrected chi connectivity index (χ1v) is 11.5. The summed E-state index contributed by atoms with van der Waals surface area (Å²) in [6, 6.07) is 15.5. The lowest BCUT2D eigenvalue weighted by atomic mass is 10.2. The number of para-hydroxylation sites is 1. The number of unbranched alkanes of at least 4 members (excludes halogenated alkanes) is 1. The molecule has 0 atom stereocenters. The highest BCUT2D eigenvalue weighted by Gasteiger charge is 2.07. The van der Waals surface area contributed by atoms with Crippen molar-refractivity contribution in [2.24, 2.45) is 0 Å². The Labute approximate surface area is 187 Å². The van der Waals surface area contributed by atoms with Gasteiger partial charge in [0.05, 0.1) is 18.9 Å². The number of amides is 1. The molecule has 0 radical (unpaired) electrons. The third-order valence-electron chi connectivity index (χ3n) is 4.45. The maximum Gasteiger partial charge on any atom is 0.250 e. The fourth-order valence-electron chi connectivity index (χ4n) is 2.79. The van der Waals surface area contributed by atoms with Crippen molar-refractivity contribution in [2.75, 3.05) is 18.5 Å². The van der Waals surface area contributed by atoms with Gasteiger partial charge in [0, 0.05) is 22.6 Å². The number of anilines is 1. The predicted octanol–water partition coefficient (Wildman–Crippen LogP) is 6.43. The molecule has 162 valence electrons. The van der Waals surface area contributed by atoms with E-state index in [1.807, 2.05) is 53.9 Å². The summed E-state index contributed by atoms with van der Waals surface area (Å²) in [7, 11) is 0. The highest BCUT2D eigenvalue weighted by Crippen LogP contribution is 2.27. The number of ether oxygens (including phenoxy) is 2. The summed E-state index contributed by atoms with van der Waals surface area (Å²) >= 11 is 1.40. The number of carbonyl (C=O) groups excluding carboxylic acids is 1. The molecule has 5 nitrogen and oxygen atoms in total. The minimum absolute atomic E-state index is 0.229. The molecule has 0 unspecified atom stereocenters. The Kier molecular flexibility index (Phi) is 8.67. The lowest BCUT2D eigenvalue weighted by molar-refractivity contribution is -0.111. The van der Waals surface area contributed by atoms with Crippen LogP contribution in [0.15, 0.2) is 60.0 Å². The lowest BCUT2D eigenvalue weighted by Gasteiger charge is -2.08. The van der Waals surface area contributed by atoms with Gasteiger partial charge in [0.15, 0.2) is 5.13 Å². The molecule has 0 aliphatic rings. The predicted molar refractivity (Wildman–Crippen MR) is 128 cm³/mol. The Balaban J connectivity index is 1.59. The highest BCUT2D eigenvalue weighted by atomic mass is 32.1. The number of thiazole rings is 1. The third-order valence-corrected chi connectivity index (χ3v) is 5.20. The minimum atomic E-state index is -0.229. The van der Waals surface area contributed by atoms with Crippen LogP contribution in [0.1, 0.15) is 38.7 Å². The average molecular weight is 437 g/mol. The standard InChI is InChI=1S/C25H28N2O3S/c1-3-5-17-30-23-9-7-6-8-20(23)12-15-24(28)27-25-26-22(18-31-25)19-10-13-21(14-11-19)29-16-4-2/h6-15,18H,3-5,16-17H2,1-2H3,(H,26,27,28)/b15-12+. The van der Waals surface area contributed by atoms with Crippen molar-refractivity contribution >= 4 is 28.5 Å². The van der Waals surface area contributed by atoms with Gasteiger partial charge in [0.1, 0.15) is 11.5 Å². The van der Waals surface area contributed by atoms with Crippen molar-refractivity contribution in [3.63, 3.8) is 0 Å². The first-order chi connectivity index (χ1) is 15.2. The third kappa shape index (κ3) is 6.96. The number of nitrogens with zero attached hydrogens (tertiary/aromatic N) is 1. The van der Waals surface area contributed by atoms with E-state index in [0.717, 1.165) is 47.6 Å². The zero-order valence-electron chi connectivity index (χ0n) is 18.0.